The lowest BCUT2D eigenvalue weighted by Gasteiger charge is -2.17. The van der Waals surface area contributed by atoms with Gasteiger partial charge in [0.25, 0.3) is 0 Å². The summed E-state index contributed by atoms with van der Waals surface area (Å²) in [5.41, 5.74) is 0.860. The van der Waals surface area contributed by atoms with Gasteiger partial charge in [0.15, 0.2) is 0 Å². The number of carbonyl (C=O) groups excluding carboxylic acids is 2. The van der Waals surface area contributed by atoms with Gasteiger partial charge in [-0.3, -0.25) is 4.79 Å². The highest BCUT2D eigenvalue weighted by Gasteiger charge is 2.14. The van der Waals surface area contributed by atoms with Crippen LogP contribution in [0.5, 0.6) is 0 Å². The van der Waals surface area contributed by atoms with E-state index in [-0.39, 0.29) is 32.0 Å². The third-order valence-electron chi connectivity index (χ3n) is 2.52. The number of carbonyl (C=O) groups is 2. The topological polar surface area (TPSA) is 73.9 Å². The van der Waals surface area contributed by atoms with E-state index in [2.05, 4.69) is 5.32 Å². The van der Waals surface area contributed by atoms with E-state index in [1.165, 1.54) is 7.11 Å². The number of amides is 1. The van der Waals surface area contributed by atoms with Gasteiger partial charge in [0.2, 0.25) is 5.91 Å². The van der Waals surface area contributed by atoms with Crippen LogP contribution in [0.4, 0.5) is 4.79 Å². The van der Waals surface area contributed by atoms with Crippen molar-refractivity contribution in [3.63, 3.8) is 0 Å². The Kier molecular flexibility index (Phi) is 7.97. The molecule has 0 aromatic heterocycles. The molecule has 0 aliphatic carbocycles. The Hall–Kier alpha value is -2.02. The number of hydrogen-bond acceptors (Lipinski definition) is 5. The lowest BCUT2D eigenvalue weighted by atomic mass is 10.0. The van der Waals surface area contributed by atoms with Crippen LogP contribution in [-0.2, 0) is 25.6 Å². The lowest BCUT2D eigenvalue weighted by molar-refractivity contribution is -0.120. The molecular weight excluding hydrogens is 273 g/mol. The Bertz CT molecular complexity index is 440. The Morgan fingerprint density at radius 2 is 1.90 bits per heavy atom. The summed E-state index contributed by atoms with van der Waals surface area (Å²) >= 11 is 0. The molecule has 21 heavy (non-hydrogen) atoms. The molecule has 1 unspecified atom stereocenters. The van der Waals surface area contributed by atoms with Crippen LogP contribution < -0.4 is 5.32 Å². The summed E-state index contributed by atoms with van der Waals surface area (Å²) in [5, 5.41) is 2.58. The molecule has 0 saturated heterocycles. The maximum Gasteiger partial charge on any atom is 0.508 e. The zero-order valence-electron chi connectivity index (χ0n) is 11.9. The molecule has 2 radical (unpaired) electrons. The number of rotatable bonds is 8. The van der Waals surface area contributed by atoms with Crippen LogP contribution in [0.1, 0.15) is 5.56 Å². The maximum atomic E-state index is 11.5. The summed E-state index contributed by atoms with van der Waals surface area (Å²) in [5.74, 6) is -0.349. The molecule has 0 spiro atoms. The Labute approximate surface area is 125 Å². The van der Waals surface area contributed by atoms with E-state index in [1.54, 1.807) is 0 Å². The normalized spacial score (nSPS) is 11.5. The fraction of sp³-hybridized carbons (Fsp3) is 0.429. The van der Waals surface area contributed by atoms with E-state index >= 15 is 0 Å². The molecule has 1 atom stereocenters. The number of hydrogen-bond donors (Lipinski definition) is 1. The van der Waals surface area contributed by atoms with Crippen LogP contribution in [0.25, 0.3) is 0 Å². The van der Waals surface area contributed by atoms with E-state index in [1.807, 2.05) is 30.3 Å². The maximum absolute atomic E-state index is 11.5. The molecule has 0 aliphatic rings. The second-order valence-electron chi connectivity index (χ2n) is 4.26. The van der Waals surface area contributed by atoms with Crippen LogP contribution in [0.15, 0.2) is 30.3 Å². The van der Waals surface area contributed by atoms with E-state index in [0.717, 1.165) is 5.56 Å². The summed E-state index contributed by atoms with van der Waals surface area (Å²) in [6.07, 6.45) is -0.944. The average Bonchev–Trinajstić information content (AvgIpc) is 2.51. The first-order valence-corrected chi connectivity index (χ1v) is 6.47. The minimum absolute atomic E-state index is 0.0484. The molecule has 7 heteroatoms. The minimum Gasteiger partial charge on any atom is -0.432 e. The molecule has 6 nitrogen and oxygen atoms in total. The van der Waals surface area contributed by atoms with Crippen LogP contribution in [-0.4, -0.2) is 46.3 Å². The van der Waals surface area contributed by atoms with E-state index in [4.69, 9.17) is 22.1 Å². The van der Waals surface area contributed by atoms with Crippen molar-refractivity contribution in [2.45, 2.75) is 19.0 Å². The summed E-state index contributed by atoms with van der Waals surface area (Å²) in [7, 11) is 6.68. The highest BCUT2D eigenvalue weighted by atomic mass is 16.7. The standard InChI is InChI=1S/C14H18BNO5/c1-19-9-12(16-13(17)7-15)10-21-14(18)20-8-11-5-3-2-4-6-11/h2-6,12H,7-10H2,1H3,(H,16,17). The van der Waals surface area contributed by atoms with Gasteiger partial charge in [-0.25, -0.2) is 4.79 Å². The molecule has 1 aromatic rings. The lowest BCUT2D eigenvalue weighted by Crippen LogP contribution is -2.41. The fourth-order valence-electron chi connectivity index (χ4n) is 1.55. The molecule has 1 amide bonds. The molecule has 1 rings (SSSR count). The molecule has 0 heterocycles. The van der Waals surface area contributed by atoms with Gasteiger partial charge >= 0.3 is 6.16 Å². The van der Waals surface area contributed by atoms with Gasteiger partial charge in [-0.2, -0.15) is 0 Å². The molecule has 0 aliphatic heterocycles. The number of ether oxygens (including phenoxy) is 3. The molecule has 0 bridgehead atoms. The highest BCUT2D eigenvalue weighted by molar-refractivity contribution is 6.19. The predicted molar refractivity (Wildman–Crippen MR) is 76.9 cm³/mol. The largest absolute Gasteiger partial charge is 0.508 e. The van der Waals surface area contributed by atoms with Gasteiger partial charge in [-0.05, 0) is 11.9 Å². The SMILES string of the molecule is [B]CC(=O)NC(COC)COC(=O)OCc1ccccc1. The Morgan fingerprint density at radius 1 is 1.19 bits per heavy atom. The van der Waals surface area contributed by atoms with Gasteiger partial charge in [-0.1, -0.05) is 30.3 Å². The quantitative estimate of drug-likeness (QED) is 0.572. The van der Waals surface area contributed by atoms with Gasteiger partial charge in [0.1, 0.15) is 13.2 Å². The average molecular weight is 291 g/mol. The van der Waals surface area contributed by atoms with Crippen molar-refractivity contribution in [1.82, 2.24) is 5.32 Å². The third-order valence-corrected chi connectivity index (χ3v) is 2.52. The van der Waals surface area contributed by atoms with E-state index in [0.29, 0.717) is 0 Å². The number of nitrogens with one attached hydrogen (secondary N) is 1. The smallest absolute Gasteiger partial charge is 0.432 e. The van der Waals surface area contributed by atoms with Gasteiger partial charge in [-0.15, -0.1) is 0 Å². The second-order valence-corrected chi connectivity index (χ2v) is 4.26. The summed E-state index contributed by atoms with van der Waals surface area (Å²) < 4.78 is 14.8. The van der Waals surface area contributed by atoms with Crippen molar-refractivity contribution < 1.29 is 23.8 Å². The van der Waals surface area contributed by atoms with Crippen molar-refractivity contribution in [3.8, 4) is 0 Å². The zero-order valence-corrected chi connectivity index (χ0v) is 11.9. The van der Waals surface area contributed by atoms with Crippen LogP contribution in [0, 0.1) is 0 Å². The number of methoxy groups -OCH3 is 1. The van der Waals surface area contributed by atoms with E-state index in [9.17, 15) is 9.59 Å². The van der Waals surface area contributed by atoms with Crippen molar-refractivity contribution >= 4 is 19.9 Å². The molecule has 0 fully saturated rings. The fourth-order valence-corrected chi connectivity index (χ4v) is 1.55. The van der Waals surface area contributed by atoms with Crippen LogP contribution >= 0.6 is 0 Å². The zero-order chi connectivity index (χ0) is 15.5. The first-order valence-electron chi connectivity index (χ1n) is 6.47. The van der Waals surface area contributed by atoms with Crippen molar-refractivity contribution in [3.05, 3.63) is 35.9 Å². The second kappa shape index (κ2) is 9.82. The van der Waals surface area contributed by atoms with Crippen LogP contribution in [0.3, 0.4) is 0 Å². The molecule has 0 saturated carbocycles. The number of benzene rings is 1. The summed E-state index contributed by atoms with van der Waals surface area (Å²) in [6, 6.07) is 8.78. The van der Waals surface area contributed by atoms with Crippen molar-refractivity contribution in [1.29, 1.82) is 0 Å². The third kappa shape index (κ3) is 7.36. The Morgan fingerprint density at radius 3 is 2.52 bits per heavy atom. The molecule has 1 aromatic carbocycles. The monoisotopic (exact) mass is 291 g/mol. The Balaban J connectivity index is 2.30. The molecular formula is C14H18BNO5. The molecule has 1 N–H and O–H groups in total. The predicted octanol–water partition coefficient (Wildman–Crippen LogP) is 1.06. The summed E-state index contributed by atoms with van der Waals surface area (Å²) in [6.45, 7) is 0.286. The first-order chi connectivity index (χ1) is 10.2. The minimum atomic E-state index is -0.804. The highest BCUT2D eigenvalue weighted by Crippen LogP contribution is 2.02. The molecule has 112 valence electrons. The summed E-state index contributed by atoms with van der Waals surface area (Å²) in [4.78, 5) is 22.6. The van der Waals surface area contributed by atoms with Crippen molar-refractivity contribution in [2.24, 2.45) is 0 Å². The van der Waals surface area contributed by atoms with E-state index < -0.39 is 12.2 Å². The van der Waals surface area contributed by atoms with Crippen LogP contribution in [0.2, 0.25) is 6.32 Å². The van der Waals surface area contributed by atoms with Gasteiger partial charge in [0, 0.05) is 7.11 Å². The van der Waals surface area contributed by atoms with Crippen molar-refractivity contribution in [2.75, 3.05) is 20.3 Å². The first kappa shape index (κ1) is 17.0. The van der Waals surface area contributed by atoms with Gasteiger partial charge in [0.05, 0.1) is 20.5 Å². The van der Waals surface area contributed by atoms with Gasteiger partial charge < -0.3 is 19.5 Å².